The zero-order valence-corrected chi connectivity index (χ0v) is 13.3. The van der Waals surface area contributed by atoms with Gasteiger partial charge in [-0.05, 0) is 17.7 Å². The topological polar surface area (TPSA) is 41.6 Å². The normalized spacial score (nSPS) is 10.7. The van der Waals surface area contributed by atoms with Crippen LogP contribution in [0.25, 0.3) is 0 Å². The first-order chi connectivity index (χ1) is 9.40. The Morgan fingerprint density at radius 1 is 1.40 bits per heavy atom. The number of benzene rings is 1. The molecular formula is C15H23ClN2O2. The fourth-order valence-corrected chi connectivity index (χ4v) is 1.82. The molecule has 1 aromatic rings. The highest BCUT2D eigenvalue weighted by atomic mass is 35.5. The maximum absolute atomic E-state index is 11.4. The molecule has 5 heteroatoms. The maximum atomic E-state index is 11.4. The van der Waals surface area contributed by atoms with Crippen LogP contribution in [0.1, 0.15) is 25.8 Å². The van der Waals surface area contributed by atoms with Gasteiger partial charge in [0, 0.05) is 26.7 Å². The Hall–Kier alpha value is -1.26. The molecule has 0 aliphatic heterocycles. The second-order valence-electron chi connectivity index (χ2n) is 5.19. The highest BCUT2D eigenvalue weighted by Gasteiger charge is 2.07. The van der Waals surface area contributed by atoms with E-state index in [1.165, 1.54) is 0 Å². The number of amides is 1. The van der Waals surface area contributed by atoms with Crippen LogP contribution in [0, 0.1) is 0 Å². The Kier molecular flexibility index (Phi) is 6.82. The van der Waals surface area contributed by atoms with Gasteiger partial charge in [-0.15, -0.1) is 0 Å². The van der Waals surface area contributed by atoms with Crippen molar-refractivity contribution in [1.29, 1.82) is 0 Å². The van der Waals surface area contributed by atoms with E-state index in [-0.39, 0.29) is 5.91 Å². The Labute approximate surface area is 126 Å². The van der Waals surface area contributed by atoms with Gasteiger partial charge in [0.1, 0.15) is 5.75 Å². The summed E-state index contributed by atoms with van der Waals surface area (Å²) in [6.45, 7) is 5.30. The van der Waals surface area contributed by atoms with Gasteiger partial charge >= 0.3 is 0 Å². The lowest BCUT2D eigenvalue weighted by atomic mass is 10.2. The van der Waals surface area contributed by atoms with E-state index in [4.69, 9.17) is 16.3 Å². The highest BCUT2D eigenvalue weighted by molar-refractivity contribution is 6.32. The molecule has 0 atom stereocenters. The molecule has 0 saturated heterocycles. The number of ether oxygens (including phenoxy) is 1. The van der Waals surface area contributed by atoms with Crippen LogP contribution < -0.4 is 10.1 Å². The van der Waals surface area contributed by atoms with E-state index in [9.17, 15) is 4.79 Å². The molecule has 0 aliphatic carbocycles. The first-order valence-corrected chi connectivity index (χ1v) is 7.12. The first-order valence-electron chi connectivity index (χ1n) is 6.75. The number of carbonyl (C=O) groups excluding carboxylic acids is 1. The molecule has 0 heterocycles. The van der Waals surface area contributed by atoms with Gasteiger partial charge in [0.2, 0.25) is 5.91 Å². The second-order valence-corrected chi connectivity index (χ2v) is 5.59. The molecule has 1 amide bonds. The van der Waals surface area contributed by atoms with Crippen LogP contribution in [0.3, 0.4) is 0 Å². The maximum Gasteiger partial charge on any atom is 0.225 e. The van der Waals surface area contributed by atoms with Crippen molar-refractivity contribution in [1.82, 2.24) is 10.2 Å². The van der Waals surface area contributed by atoms with E-state index in [0.29, 0.717) is 29.8 Å². The van der Waals surface area contributed by atoms with E-state index in [1.807, 2.05) is 18.2 Å². The summed E-state index contributed by atoms with van der Waals surface area (Å²) in [5.41, 5.74) is 1.11. The van der Waals surface area contributed by atoms with Crippen molar-refractivity contribution in [2.75, 3.05) is 20.7 Å². The molecule has 0 saturated carbocycles. The van der Waals surface area contributed by atoms with Crippen molar-refractivity contribution in [2.45, 2.75) is 32.9 Å². The first kappa shape index (κ1) is 16.8. The fraction of sp³-hybridized carbons (Fsp3) is 0.533. The summed E-state index contributed by atoms with van der Waals surface area (Å²) in [5.74, 6) is 0.658. The minimum Gasteiger partial charge on any atom is -0.491 e. The highest BCUT2D eigenvalue weighted by Crippen LogP contribution is 2.25. The van der Waals surface area contributed by atoms with E-state index < -0.39 is 0 Å². The van der Waals surface area contributed by atoms with E-state index in [2.05, 4.69) is 19.2 Å². The van der Waals surface area contributed by atoms with Crippen LogP contribution in [0.4, 0.5) is 0 Å². The summed E-state index contributed by atoms with van der Waals surface area (Å²) < 4.78 is 5.54. The SMILES string of the molecule is CC(C)NCc1ccc(OCCC(=O)N(C)C)c(Cl)c1. The van der Waals surface area contributed by atoms with Crippen molar-refractivity contribution < 1.29 is 9.53 Å². The third kappa shape index (κ3) is 5.80. The number of rotatable bonds is 7. The van der Waals surface area contributed by atoms with Gasteiger partial charge in [-0.2, -0.15) is 0 Å². The van der Waals surface area contributed by atoms with Crippen molar-refractivity contribution in [3.05, 3.63) is 28.8 Å². The Morgan fingerprint density at radius 2 is 2.10 bits per heavy atom. The van der Waals surface area contributed by atoms with Crippen LogP contribution in [0.15, 0.2) is 18.2 Å². The lowest BCUT2D eigenvalue weighted by Crippen LogP contribution is -2.23. The lowest BCUT2D eigenvalue weighted by Gasteiger charge is -2.13. The zero-order valence-electron chi connectivity index (χ0n) is 12.6. The average Bonchev–Trinajstić information content (AvgIpc) is 2.38. The number of nitrogens with zero attached hydrogens (tertiary/aromatic N) is 1. The molecule has 4 nitrogen and oxygen atoms in total. The second kappa shape index (κ2) is 8.12. The van der Waals surface area contributed by atoms with Gasteiger partial charge in [-0.1, -0.05) is 31.5 Å². The number of nitrogens with one attached hydrogen (secondary N) is 1. The summed E-state index contributed by atoms with van der Waals surface area (Å²) in [7, 11) is 3.46. The molecule has 0 unspecified atom stereocenters. The molecule has 0 fully saturated rings. The fourth-order valence-electron chi connectivity index (χ4n) is 1.57. The molecule has 1 rings (SSSR count). The molecule has 0 aliphatic rings. The molecule has 20 heavy (non-hydrogen) atoms. The summed E-state index contributed by atoms with van der Waals surface area (Å²) >= 11 is 6.17. The minimum atomic E-state index is 0.0406. The summed E-state index contributed by atoms with van der Waals surface area (Å²) in [6.07, 6.45) is 0.347. The van der Waals surface area contributed by atoms with Crippen LogP contribution in [-0.2, 0) is 11.3 Å². The summed E-state index contributed by atoms with van der Waals surface area (Å²) in [6, 6.07) is 6.14. The molecule has 0 spiro atoms. The number of halogens is 1. The van der Waals surface area contributed by atoms with Crippen LogP contribution >= 0.6 is 11.6 Å². The smallest absolute Gasteiger partial charge is 0.225 e. The molecule has 1 N–H and O–H groups in total. The molecular weight excluding hydrogens is 276 g/mol. The molecule has 112 valence electrons. The van der Waals surface area contributed by atoms with Gasteiger partial charge in [-0.25, -0.2) is 0 Å². The zero-order chi connectivity index (χ0) is 15.1. The van der Waals surface area contributed by atoms with Crippen molar-refractivity contribution in [2.24, 2.45) is 0 Å². The Balaban J connectivity index is 2.49. The number of carbonyl (C=O) groups is 1. The standard InChI is InChI=1S/C15H23ClN2O2/c1-11(2)17-10-12-5-6-14(13(16)9-12)20-8-7-15(19)18(3)4/h5-6,9,11,17H,7-8,10H2,1-4H3. The van der Waals surface area contributed by atoms with Gasteiger partial charge in [0.05, 0.1) is 18.1 Å². The van der Waals surface area contributed by atoms with Gasteiger partial charge in [0.25, 0.3) is 0 Å². The van der Waals surface area contributed by atoms with E-state index >= 15 is 0 Å². The number of hydrogen-bond acceptors (Lipinski definition) is 3. The van der Waals surface area contributed by atoms with Crippen molar-refractivity contribution in [3.63, 3.8) is 0 Å². The van der Waals surface area contributed by atoms with Gasteiger partial charge in [-0.3, -0.25) is 4.79 Å². The van der Waals surface area contributed by atoms with E-state index in [1.54, 1.807) is 19.0 Å². The summed E-state index contributed by atoms with van der Waals surface area (Å²) in [4.78, 5) is 13.0. The lowest BCUT2D eigenvalue weighted by molar-refractivity contribution is -0.129. The quantitative estimate of drug-likeness (QED) is 0.841. The van der Waals surface area contributed by atoms with Crippen LogP contribution in [-0.4, -0.2) is 37.6 Å². The molecule has 0 radical (unpaired) electrons. The molecule has 0 aromatic heterocycles. The minimum absolute atomic E-state index is 0.0406. The average molecular weight is 299 g/mol. The Morgan fingerprint density at radius 3 is 2.65 bits per heavy atom. The van der Waals surface area contributed by atoms with Crippen LogP contribution in [0.5, 0.6) is 5.75 Å². The van der Waals surface area contributed by atoms with Crippen LogP contribution in [0.2, 0.25) is 5.02 Å². The molecule has 0 bridgehead atoms. The molecule has 1 aromatic carbocycles. The third-order valence-corrected chi connectivity index (χ3v) is 3.08. The van der Waals surface area contributed by atoms with Gasteiger partial charge in [0.15, 0.2) is 0 Å². The van der Waals surface area contributed by atoms with Crippen molar-refractivity contribution >= 4 is 17.5 Å². The predicted molar refractivity (Wildman–Crippen MR) is 82.2 cm³/mol. The van der Waals surface area contributed by atoms with E-state index in [0.717, 1.165) is 12.1 Å². The summed E-state index contributed by atoms with van der Waals surface area (Å²) in [5, 5.41) is 3.90. The largest absolute Gasteiger partial charge is 0.491 e. The third-order valence-electron chi connectivity index (χ3n) is 2.78. The number of hydrogen-bond donors (Lipinski definition) is 1. The van der Waals surface area contributed by atoms with Gasteiger partial charge < -0.3 is 15.0 Å². The predicted octanol–water partition coefficient (Wildman–Crippen LogP) is 2.70. The Bertz CT molecular complexity index is 447. The monoisotopic (exact) mass is 298 g/mol. The van der Waals surface area contributed by atoms with Crippen molar-refractivity contribution in [3.8, 4) is 5.75 Å².